The number of amides is 2. The Morgan fingerprint density at radius 2 is 1.90 bits per heavy atom. The minimum Gasteiger partial charge on any atom is -0.444 e. The average Bonchev–Trinajstić information content (AvgIpc) is 2.89. The number of unbranched alkanes of at least 4 members (excludes halogenated alkanes) is 1. The van der Waals surface area contributed by atoms with Gasteiger partial charge in [-0.3, -0.25) is 9.69 Å². The lowest BCUT2D eigenvalue weighted by Crippen LogP contribution is -2.52. The molecule has 2 amide bonds. The van der Waals surface area contributed by atoms with E-state index in [1.165, 1.54) is 4.90 Å². The highest BCUT2D eigenvalue weighted by atomic mass is 127. The molecule has 0 radical (unpaired) electrons. The molecule has 2 atom stereocenters. The number of carbonyl (C=O) groups is 2. The summed E-state index contributed by atoms with van der Waals surface area (Å²) in [5.74, 6) is 7.09. The number of anilines is 3. The van der Waals surface area contributed by atoms with Gasteiger partial charge in [-0.1, -0.05) is 48.3 Å². The van der Waals surface area contributed by atoms with Crippen LogP contribution >= 0.6 is 22.6 Å². The number of likely N-dealkylation sites (N-methyl/N-ethyl adjacent to an activating group) is 1. The molecule has 0 saturated heterocycles. The number of halogens is 1. The number of nitrogens with one attached hydrogen (secondary N) is 3. The molecule has 3 N–H and O–H groups in total. The Hall–Kier alpha value is -3.58. The van der Waals surface area contributed by atoms with E-state index in [0.29, 0.717) is 42.3 Å². The van der Waals surface area contributed by atoms with Crippen molar-refractivity contribution in [1.29, 1.82) is 5.26 Å². The molecule has 10 nitrogen and oxygen atoms in total. The van der Waals surface area contributed by atoms with Gasteiger partial charge in [-0.2, -0.15) is 10.2 Å². The van der Waals surface area contributed by atoms with Crippen molar-refractivity contribution in [3.8, 4) is 17.9 Å². The second-order valence-electron chi connectivity index (χ2n) is 10.1. The zero-order valence-electron chi connectivity index (χ0n) is 24.0. The van der Waals surface area contributed by atoms with Gasteiger partial charge in [0.25, 0.3) is 0 Å². The van der Waals surface area contributed by atoms with E-state index >= 15 is 0 Å². The van der Waals surface area contributed by atoms with Crippen LogP contribution in [0.15, 0.2) is 30.5 Å². The lowest BCUT2D eigenvalue weighted by molar-refractivity contribution is -0.125. The zero-order valence-corrected chi connectivity index (χ0v) is 26.1. The Bertz CT molecular complexity index is 1240. The van der Waals surface area contributed by atoms with Gasteiger partial charge in [0, 0.05) is 36.2 Å². The largest absolute Gasteiger partial charge is 0.444 e. The van der Waals surface area contributed by atoms with E-state index in [9.17, 15) is 9.59 Å². The first-order chi connectivity index (χ1) is 18.9. The molecule has 0 unspecified atom stereocenters. The molecule has 11 heteroatoms. The Balaban J connectivity index is 1.96. The number of nitrogens with zero attached hydrogens (tertiary/aromatic N) is 4. The third kappa shape index (κ3) is 10.9. The molecule has 2 aromatic rings. The molecule has 1 aromatic heterocycles. The standard InChI is InChI=1S/C29H38IN7O3/c1-7-16-32-25-22(19-34-27(36-25)35-23-14-12-21(18-31)13-15-23)11-9-8-10-17-33-26(38)24(20(2)30)37(6)28(39)40-29(3,4)5/h12-15,19-20,24H,7-8,10,16-17H2,1-6H3,(H,33,38)(H2,32,34,35,36)/t20-,24+/m1/s1. The van der Waals surface area contributed by atoms with E-state index in [2.05, 4.69) is 73.3 Å². The molecule has 2 rings (SSSR count). The van der Waals surface area contributed by atoms with Gasteiger partial charge in [-0.15, -0.1) is 0 Å². The van der Waals surface area contributed by atoms with Gasteiger partial charge in [-0.05, 0) is 57.9 Å². The predicted octanol–water partition coefficient (Wildman–Crippen LogP) is 5.22. The van der Waals surface area contributed by atoms with Gasteiger partial charge in [0.1, 0.15) is 17.5 Å². The summed E-state index contributed by atoms with van der Waals surface area (Å²) in [6.45, 7) is 10.5. The molecular formula is C29H38IN7O3. The van der Waals surface area contributed by atoms with Crippen molar-refractivity contribution in [3.05, 3.63) is 41.6 Å². The normalized spacial score (nSPS) is 12.2. The van der Waals surface area contributed by atoms with Crippen molar-refractivity contribution in [2.45, 2.75) is 69.4 Å². The Labute approximate surface area is 250 Å². The van der Waals surface area contributed by atoms with Crippen LogP contribution in [0.3, 0.4) is 0 Å². The first-order valence-electron chi connectivity index (χ1n) is 13.2. The Morgan fingerprint density at radius 3 is 2.50 bits per heavy atom. The molecule has 0 saturated carbocycles. The molecule has 0 aliphatic heterocycles. The van der Waals surface area contributed by atoms with Gasteiger partial charge in [0.15, 0.2) is 0 Å². The van der Waals surface area contributed by atoms with E-state index in [1.54, 1.807) is 58.3 Å². The van der Waals surface area contributed by atoms with E-state index in [4.69, 9.17) is 10.00 Å². The number of rotatable bonds is 11. The average molecular weight is 660 g/mol. The van der Waals surface area contributed by atoms with Crippen LogP contribution in [0.1, 0.15) is 65.0 Å². The molecule has 0 aliphatic carbocycles. The van der Waals surface area contributed by atoms with Crippen LogP contribution in [-0.2, 0) is 9.53 Å². The van der Waals surface area contributed by atoms with E-state index in [0.717, 1.165) is 18.7 Å². The number of hydrogen-bond acceptors (Lipinski definition) is 8. The van der Waals surface area contributed by atoms with Crippen LogP contribution in [0.2, 0.25) is 0 Å². The quantitative estimate of drug-likeness (QED) is 0.130. The molecule has 0 fully saturated rings. The van der Waals surface area contributed by atoms with Crippen molar-refractivity contribution in [2.24, 2.45) is 0 Å². The smallest absolute Gasteiger partial charge is 0.410 e. The third-order valence-corrected chi connectivity index (χ3v) is 6.09. The highest BCUT2D eigenvalue weighted by molar-refractivity contribution is 14.1. The van der Waals surface area contributed by atoms with Gasteiger partial charge in [-0.25, -0.2) is 9.78 Å². The van der Waals surface area contributed by atoms with Crippen molar-refractivity contribution in [2.75, 3.05) is 30.8 Å². The van der Waals surface area contributed by atoms with Crippen LogP contribution < -0.4 is 16.0 Å². The van der Waals surface area contributed by atoms with Crippen LogP contribution in [0.5, 0.6) is 0 Å². The number of benzene rings is 1. The summed E-state index contributed by atoms with van der Waals surface area (Å²) in [6.07, 6.45) is 3.27. The van der Waals surface area contributed by atoms with Crippen molar-refractivity contribution in [1.82, 2.24) is 20.2 Å². The van der Waals surface area contributed by atoms with Gasteiger partial charge in [0.05, 0.1) is 23.4 Å². The topological polar surface area (TPSA) is 132 Å². The van der Waals surface area contributed by atoms with Gasteiger partial charge >= 0.3 is 6.09 Å². The maximum Gasteiger partial charge on any atom is 0.410 e. The van der Waals surface area contributed by atoms with Crippen molar-refractivity contribution < 1.29 is 14.3 Å². The van der Waals surface area contributed by atoms with Crippen LogP contribution in [0, 0.1) is 23.2 Å². The monoisotopic (exact) mass is 659 g/mol. The lowest BCUT2D eigenvalue weighted by Gasteiger charge is -2.31. The summed E-state index contributed by atoms with van der Waals surface area (Å²) < 4.78 is 5.30. The van der Waals surface area contributed by atoms with Crippen molar-refractivity contribution >= 4 is 52.0 Å². The number of ether oxygens (including phenoxy) is 1. The predicted molar refractivity (Wildman–Crippen MR) is 166 cm³/mol. The summed E-state index contributed by atoms with van der Waals surface area (Å²) in [7, 11) is 1.58. The molecule has 0 bridgehead atoms. The molecule has 0 spiro atoms. The highest BCUT2D eigenvalue weighted by Gasteiger charge is 2.33. The molecule has 1 heterocycles. The summed E-state index contributed by atoms with van der Waals surface area (Å²) in [5.41, 5.74) is 1.39. The molecular weight excluding hydrogens is 621 g/mol. The van der Waals surface area contributed by atoms with E-state index in [1.807, 2.05) is 6.92 Å². The van der Waals surface area contributed by atoms with Gasteiger partial charge < -0.3 is 20.7 Å². The Kier molecular flexibility index (Phi) is 12.9. The second-order valence-corrected chi connectivity index (χ2v) is 12.1. The van der Waals surface area contributed by atoms with Crippen LogP contribution in [-0.4, -0.2) is 62.6 Å². The molecule has 214 valence electrons. The number of aromatic nitrogens is 2. The minimum absolute atomic E-state index is 0.113. The lowest BCUT2D eigenvalue weighted by atomic mass is 10.1. The molecule has 1 aromatic carbocycles. The summed E-state index contributed by atoms with van der Waals surface area (Å²) in [5, 5.41) is 18.3. The number of hydrogen-bond donors (Lipinski definition) is 3. The Morgan fingerprint density at radius 1 is 1.20 bits per heavy atom. The SMILES string of the molecule is CCCNc1nc(Nc2ccc(C#N)cc2)ncc1C#CCCCNC(=O)[C@H]([C@@H](C)I)N(C)C(=O)OC(C)(C)C. The highest BCUT2D eigenvalue weighted by Crippen LogP contribution is 2.18. The fourth-order valence-electron chi connectivity index (χ4n) is 3.46. The van der Waals surface area contributed by atoms with E-state index in [-0.39, 0.29) is 9.83 Å². The first-order valence-corrected chi connectivity index (χ1v) is 14.4. The van der Waals surface area contributed by atoms with Crippen LogP contribution in [0.4, 0.5) is 22.2 Å². The minimum atomic E-state index is -0.651. The van der Waals surface area contributed by atoms with Gasteiger partial charge in [0.2, 0.25) is 11.9 Å². The summed E-state index contributed by atoms with van der Waals surface area (Å²) in [4.78, 5) is 35.6. The van der Waals surface area contributed by atoms with Crippen LogP contribution in [0.25, 0.3) is 0 Å². The second kappa shape index (κ2) is 15.9. The molecule has 0 aliphatic rings. The molecule has 40 heavy (non-hydrogen) atoms. The number of alkyl halides is 1. The maximum absolute atomic E-state index is 12.8. The third-order valence-electron chi connectivity index (χ3n) is 5.40. The summed E-state index contributed by atoms with van der Waals surface area (Å²) >= 11 is 2.14. The number of nitriles is 1. The first kappa shape index (κ1) is 32.6. The summed E-state index contributed by atoms with van der Waals surface area (Å²) in [6, 6.07) is 8.49. The fourth-order valence-corrected chi connectivity index (χ4v) is 4.27. The van der Waals surface area contributed by atoms with Crippen molar-refractivity contribution in [3.63, 3.8) is 0 Å². The fraction of sp³-hybridized carbons (Fsp3) is 0.483. The number of carbonyl (C=O) groups excluding carboxylic acids is 2. The zero-order chi connectivity index (χ0) is 29.7. The maximum atomic E-state index is 12.8. The van der Waals surface area contributed by atoms with E-state index < -0.39 is 17.7 Å².